The van der Waals surface area contributed by atoms with E-state index in [0.29, 0.717) is 24.6 Å². The molecule has 0 saturated carbocycles. The lowest BCUT2D eigenvalue weighted by Crippen LogP contribution is -2.49. The van der Waals surface area contributed by atoms with Gasteiger partial charge in [0.15, 0.2) is 11.5 Å². The number of nitrogens with two attached hydrogens (primary N) is 1. The minimum absolute atomic E-state index is 0.142. The second kappa shape index (κ2) is 5.76. The number of nitrogen functional groups attached to an aromatic ring is 1. The van der Waals surface area contributed by atoms with Gasteiger partial charge in [0.25, 0.3) is 0 Å². The fourth-order valence-corrected chi connectivity index (χ4v) is 2.20. The molecule has 116 valence electrons. The number of carboxylic acid groups (broad SMARTS) is 1. The summed E-state index contributed by atoms with van der Waals surface area (Å²) in [5, 5.41) is 8.91. The third-order valence-corrected chi connectivity index (χ3v) is 3.20. The summed E-state index contributed by atoms with van der Waals surface area (Å²) in [6.07, 6.45) is -4.22. The zero-order chi connectivity index (χ0) is 15.6. The maximum atomic E-state index is 12.3. The molecule has 0 atom stereocenters. The van der Waals surface area contributed by atoms with Crippen LogP contribution in [0.5, 0.6) is 0 Å². The highest BCUT2D eigenvalue weighted by molar-refractivity contribution is 5.87. The molecule has 2 heterocycles. The van der Waals surface area contributed by atoms with E-state index in [1.54, 1.807) is 4.90 Å². The molecule has 0 radical (unpaired) electrons. The van der Waals surface area contributed by atoms with Crippen LogP contribution in [-0.4, -0.2) is 59.9 Å². The first-order valence-electron chi connectivity index (χ1n) is 6.30. The molecule has 3 N–H and O–H groups in total. The standard InChI is InChI=1S/C12H15F3N4O2/c13-12(14,15)7-18-3-5-19(6-4-18)10-8(16)1-2-9(17-10)11(20)21/h1-2H,3-7,16H2,(H,20,21). The topological polar surface area (TPSA) is 82.7 Å². The van der Waals surface area contributed by atoms with E-state index in [1.807, 2.05) is 0 Å². The fourth-order valence-electron chi connectivity index (χ4n) is 2.20. The summed E-state index contributed by atoms with van der Waals surface area (Å²) in [7, 11) is 0. The molecular formula is C12H15F3N4O2. The molecule has 2 rings (SSSR count). The lowest BCUT2D eigenvalue weighted by molar-refractivity contribution is -0.146. The van der Waals surface area contributed by atoms with Crippen molar-refractivity contribution in [1.29, 1.82) is 0 Å². The zero-order valence-corrected chi connectivity index (χ0v) is 11.1. The monoisotopic (exact) mass is 304 g/mol. The first-order valence-corrected chi connectivity index (χ1v) is 6.30. The number of rotatable bonds is 3. The van der Waals surface area contributed by atoms with E-state index in [9.17, 15) is 18.0 Å². The Morgan fingerprint density at radius 2 is 1.90 bits per heavy atom. The van der Waals surface area contributed by atoms with E-state index in [0.717, 1.165) is 0 Å². The molecule has 21 heavy (non-hydrogen) atoms. The van der Waals surface area contributed by atoms with Gasteiger partial charge in [0, 0.05) is 26.2 Å². The highest BCUT2D eigenvalue weighted by atomic mass is 19.4. The van der Waals surface area contributed by atoms with Crippen LogP contribution in [0.4, 0.5) is 24.7 Å². The SMILES string of the molecule is Nc1ccc(C(=O)O)nc1N1CCN(CC(F)(F)F)CC1. The summed E-state index contributed by atoms with van der Waals surface area (Å²) in [5.74, 6) is -0.867. The minimum atomic E-state index is -4.22. The molecule has 1 aromatic rings. The van der Waals surface area contributed by atoms with Gasteiger partial charge in [0.05, 0.1) is 12.2 Å². The summed E-state index contributed by atoms with van der Waals surface area (Å²) in [5.41, 5.74) is 5.93. The van der Waals surface area contributed by atoms with Gasteiger partial charge in [0.2, 0.25) is 0 Å². The third kappa shape index (κ3) is 3.97. The maximum absolute atomic E-state index is 12.3. The maximum Gasteiger partial charge on any atom is 0.401 e. The van der Waals surface area contributed by atoms with Crippen LogP contribution in [0, 0.1) is 0 Å². The molecular weight excluding hydrogens is 289 g/mol. The summed E-state index contributed by atoms with van der Waals surface area (Å²) in [4.78, 5) is 17.9. The number of carboxylic acids is 1. The number of piperazine rings is 1. The molecule has 9 heteroatoms. The normalized spacial score (nSPS) is 17.0. The number of carbonyl (C=O) groups is 1. The van der Waals surface area contributed by atoms with Crippen LogP contribution in [0.3, 0.4) is 0 Å². The molecule has 0 aromatic carbocycles. The van der Waals surface area contributed by atoms with Crippen LogP contribution in [0.15, 0.2) is 12.1 Å². The predicted octanol–water partition coefficient (Wildman–Crippen LogP) is 1.05. The van der Waals surface area contributed by atoms with Crippen molar-refractivity contribution in [3.63, 3.8) is 0 Å². The van der Waals surface area contributed by atoms with E-state index in [2.05, 4.69) is 4.98 Å². The molecule has 6 nitrogen and oxygen atoms in total. The zero-order valence-electron chi connectivity index (χ0n) is 11.1. The average Bonchev–Trinajstić information content (AvgIpc) is 2.38. The molecule has 0 bridgehead atoms. The number of aromatic nitrogens is 1. The van der Waals surface area contributed by atoms with E-state index >= 15 is 0 Å². The Kier molecular flexibility index (Phi) is 4.21. The molecule has 0 unspecified atom stereocenters. The Labute approximate surface area is 119 Å². The van der Waals surface area contributed by atoms with E-state index in [4.69, 9.17) is 10.8 Å². The summed E-state index contributed by atoms with van der Waals surface area (Å²) in [6.45, 7) is 0.126. The van der Waals surface area contributed by atoms with Gasteiger partial charge in [-0.2, -0.15) is 13.2 Å². The van der Waals surface area contributed by atoms with Gasteiger partial charge < -0.3 is 15.7 Å². The van der Waals surface area contributed by atoms with Crippen molar-refractivity contribution in [2.24, 2.45) is 0 Å². The molecule has 0 aliphatic carbocycles. The van der Waals surface area contributed by atoms with Crippen LogP contribution in [0.2, 0.25) is 0 Å². The number of alkyl halides is 3. The number of pyridine rings is 1. The van der Waals surface area contributed by atoms with Crippen LogP contribution in [-0.2, 0) is 0 Å². The molecule has 1 aliphatic rings. The number of anilines is 2. The van der Waals surface area contributed by atoms with Gasteiger partial charge in [-0.15, -0.1) is 0 Å². The average molecular weight is 304 g/mol. The quantitative estimate of drug-likeness (QED) is 0.868. The van der Waals surface area contributed by atoms with Gasteiger partial charge >= 0.3 is 12.1 Å². The lowest BCUT2D eigenvalue weighted by atomic mass is 10.2. The minimum Gasteiger partial charge on any atom is -0.477 e. The summed E-state index contributed by atoms with van der Waals surface area (Å²) in [6, 6.07) is 2.73. The summed E-state index contributed by atoms with van der Waals surface area (Å²) >= 11 is 0. The molecule has 0 amide bonds. The number of halogens is 3. The van der Waals surface area contributed by atoms with Gasteiger partial charge in [-0.25, -0.2) is 9.78 Å². The second-order valence-corrected chi connectivity index (χ2v) is 4.79. The first kappa shape index (κ1) is 15.4. The molecule has 1 fully saturated rings. The summed E-state index contributed by atoms with van der Waals surface area (Å²) < 4.78 is 36.9. The fraction of sp³-hybridized carbons (Fsp3) is 0.500. The van der Waals surface area contributed by atoms with Crippen molar-refractivity contribution < 1.29 is 23.1 Å². The van der Waals surface area contributed by atoms with Crippen molar-refractivity contribution in [2.45, 2.75) is 6.18 Å². The number of nitrogens with zero attached hydrogens (tertiary/aromatic N) is 3. The Morgan fingerprint density at radius 3 is 2.43 bits per heavy atom. The highest BCUT2D eigenvalue weighted by Gasteiger charge is 2.32. The van der Waals surface area contributed by atoms with E-state index in [1.165, 1.54) is 17.0 Å². The van der Waals surface area contributed by atoms with Gasteiger partial charge in [-0.05, 0) is 12.1 Å². The van der Waals surface area contributed by atoms with E-state index in [-0.39, 0.29) is 18.8 Å². The molecule has 1 saturated heterocycles. The predicted molar refractivity (Wildman–Crippen MR) is 70.3 cm³/mol. The Bertz CT molecular complexity index is 528. The Morgan fingerprint density at radius 1 is 1.29 bits per heavy atom. The first-order chi connectivity index (χ1) is 9.76. The van der Waals surface area contributed by atoms with Crippen molar-refractivity contribution >= 4 is 17.5 Å². The lowest BCUT2D eigenvalue weighted by Gasteiger charge is -2.36. The number of hydrogen-bond donors (Lipinski definition) is 2. The van der Waals surface area contributed by atoms with Crippen LogP contribution in [0.1, 0.15) is 10.5 Å². The van der Waals surface area contributed by atoms with Gasteiger partial charge in [-0.3, -0.25) is 4.90 Å². The third-order valence-electron chi connectivity index (χ3n) is 3.20. The number of hydrogen-bond acceptors (Lipinski definition) is 5. The van der Waals surface area contributed by atoms with Crippen molar-refractivity contribution in [3.8, 4) is 0 Å². The largest absolute Gasteiger partial charge is 0.477 e. The van der Waals surface area contributed by atoms with Crippen LogP contribution < -0.4 is 10.6 Å². The van der Waals surface area contributed by atoms with Crippen LogP contribution >= 0.6 is 0 Å². The van der Waals surface area contributed by atoms with Crippen LogP contribution in [0.25, 0.3) is 0 Å². The molecule has 1 aliphatic heterocycles. The highest BCUT2D eigenvalue weighted by Crippen LogP contribution is 2.23. The molecule has 0 spiro atoms. The Hall–Kier alpha value is -2.03. The molecule has 1 aromatic heterocycles. The second-order valence-electron chi connectivity index (χ2n) is 4.79. The van der Waals surface area contributed by atoms with Gasteiger partial charge in [0.1, 0.15) is 0 Å². The number of aromatic carboxylic acids is 1. The van der Waals surface area contributed by atoms with Crippen molar-refractivity contribution in [2.75, 3.05) is 43.4 Å². The van der Waals surface area contributed by atoms with Crippen molar-refractivity contribution in [3.05, 3.63) is 17.8 Å². The van der Waals surface area contributed by atoms with Crippen molar-refractivity contribution in [1.82, 2.24) is 9.88 Å². The van der Waals surface area contributed by atoms with Gasteiger partial charge in [-0.1, -0.05) is 0 Å². The smallest absolute Gasteiger partial charge is 0.401 e. The van der Waals surface area contributed by atoms with E-state index < -0.39 is 18.7 Å². The Balaban J connectivity index is 2.05.